The molecule has 2 heterocycles. The van der Waals surface area contributed by atoms with Crippen LogP contribution in [-0.2, 0) is 13.1 Å². The first-order chi connectivity index (χ1) is 14.4. The number of anilines is 2. The van der Waals surface area contributed by atoms with Crippen molar-refractivity contribution in [1.82, 2.24) is 0 Å². The minimum atomic E-state index is -1.39. The quantitative estimate of drug-likeness (QED) is 0.361. The Morgan fingerprint density at radius 3 is 1.39 bits per heavy atom. The van der Waals surface area contributed by atoms with Gasteiger partial charge in [-0.05, 0) is 60.4 Å². The van der Waals surface area contributed by atoms with Gasteiger partial charge in [0.25, 0.3) is 0 Å². The minimum Gasteiger partial charge on any atom is -0.349 e. The van der Waals surface area contributed by atoms with Crippen LogP contribution in [0.25, 0.3) is 0 Å². The van der Waals surface area contributed by atoms with E-state index in [0.29, 0.717) is 0 Å². The van der Waals surface area contributed by atoms with E-state index < -0.39 is 16.1 Å². The van der Waals surface area contributed by atoms with Crippen molar-refractivity contribution in [2.24, 2.45) is 0 Å². The lowest BCUT2D eigenvalue weighted by molar-refractivity contribution is 0.646. The summed E-state index contributed by atoms with van der Waals surface area (Å²) in [5.41, 5.74) is 17.7. The maximum Gasteiger partial charge on any atom is 0.129 e. The molecule has 2 aromatic carbocycles. The van der Waals surface area contributed by atoms with Crippen LogP contribution >= 0.6 is 0 Å². The van der Waals surface area contributed by atoms with Gasteiger partial charge in [-0.2, -0.15) is 0 Å². The summed E-state index contributed by atoms with van der Waals surface area (Å²) in [6.45, 7) is 21.1. The summed E-state index contributed by atoms with van der Waals surface area (Å²) in [6.07, 6.45) is 0. The van der Waals surface area contributed by atoms with Crippen molar-refractivity contribution in [2.75, 3.05) is 16.5 Å². The van der Waals surface area contributed by atoms with Gasteiger partial charge in [-0.3, -0.25) is 0 Å². The Bertz CT molecular complexity index is 1080. The van der Waals surface area contributed by atoms with Crippen LogP contribution in [0.3, 0.4) is 0 Å². The second-order valence-electron chi connectivity index (χ2n) is 11.1. The molecule has 2 aliphatic heterocycles. The Balaban J connectivity index is 1.73. The van der Waals surface area contributed by atoms with Crippen LogP contribution in [0.1, 0.15) is 33.4 Å². The molecule has 0 aliphatic carbocycles. The molecule has 4 heteroatoms. The number of fused-ring (bicyclic) bond motifs is 6. The first-order valence-corrected chi connectivity index (χ1v) is 18.2. The van der Waals surface area contributed by atoms with Gasteiger partial charge in [-0.25, -0.2) is 0 Å². The van der Waals surface area contributed by atoms with E-state index in [0.717, 1.165) is 30.9 Å². The fraction of sp³-hybridized carbons (Fsp3) is 0.407. The van der Waals surface area contributed by atoms with Gasteiger partial charge in [0.1, 0.15) is 16.1 Å². The van der Waals surface area contributed by atoms with Gasteiger partial charge < -0.3 is 9.80 Å². The SMILES string of the molecule is Cc1cc(C#C[Si](C)(C)C)cc2c1N1Cc3cc(C#C[Si](C)(C)C)cc(C)c3N(C2)C1. The van der Waals surface area contributed by atoms with Gasteiger partial charge in [-0.15, -0.1) is 11.1 Å². The highest BCUT2D eigenvalue weighted by atomic mass is 28.3. The zero-order valence-corrected chi connectivity index (χ0v) is 22.3. The summed E-state index contributed by atoms with van der Waals surface area (Å²) in [4.78, 5) is 5.06. The number of benzene rings is 2. The van der Waals surface area contributed by atoms with E-state index in [1.807, 2.05) is 0 Å². The highest BCUT2D eigenvalue weighted by Gasteiger charge is 2.31. The molecule has 0 amide bonds. The number of nitrogens with zero attached hydrogens (tertiary/aromatic N) is 2. The van der Waals surface area contributed by atoms with E-state index in [1.165, 1.54) is 33.6 Å². The monoisotopic (exact) mass is 442 g/mol. The van der Waals surface area contributed by atoms with Crippen molar-refractivity contribution in [3.05, 3.63) is 57.6 Å². The second kappa shape index (κ2) is 7.62. The normalized spacial score (nSPS) is 14.7. The zero-order valence-electron chi connectivity index (χ0n) is 20.3. The Morgan fingerprint density at radius 1 is 0.645 bits per heavy atom. The summed E-state index contributed by atoms with van der Waals surface area (Å²) < 4.78 is 0. The van der Waals surface area contributed by atoms with Crippen molar-refractivity contribution in [1.29, 1.82) is 0 Å². The molecule has 0 N–H and O–H groups in total. The lowest BCUT2D eigenvalue weighted by atomic mass is 9.94. The lowest BCUT2D eigenvalue weighted by Gasteiger charge is -2.46. The molecule has 2 aliphatic rings. The maximum absolute atomic E-state index is 3.53. The number of hydrogen-bond donors (Lipinski definition) is 0. The van der Waals surface area contributed by atoms with E-state index >= 15 is 0 Å². The molecule has 0 unspecified atom stereocenters. The Labute approximate surface area is 190 Å². The molecule has 160 valence electrons. The van der Waals surface area contributed by atoms with Crippen LogP contribution in [0.2, 0.25) is 39.3 Å². The molecule has 2 bridgehead atoms. The van der Waals surface area contributed by atoms with Gasteiger partial charge in [-0.1, -0.05) is 51.1 Å². The van der Waals surface area contributed by atoms with Gasteiger partial charge in [0.05, 0.1) is 6.67 Å². The van der Waals surface area contributed by atoms with Crippen molar-refractivity contribution < 1.29 is 0 Å². The predicted molar refractivity (Wildman–Crippen MR) is 140 cm³/mol. The average Bonchev–Trinajstić information content (AvgIpc) is 2.62. The van der Waals surface area contributed by atoms with Crippen molar-refractivity contribution in [2.45, 2.75) is 66.2 Å². The molecule has 0 spiro atoms. The van der Waals surface area contributed by atoms with Crippen molar-refractivity contribution in [3.63, 3.8) is 0 Å². The first kappa shape index (κ1) is 21.8. The van der Waals surface area contributed by atoms with Gasteiger partial charge in [0, 0.05) is 35.6 Å². The summed E-state index contributed by atoms with van der Waals surface area (Å²) in [5.74, 6) is 6.94. The standard InChI is InChI=1S/C27H34N2Si2/c1-20-13-22(9-11-30(3,4)5)15-24-17-29-19-28(26(20)24)18-25-16-23(10-12-31(6,7)8)14-21(2)27(25)29/h13-16H,17-19H2,1-8H3. The average molecular weight is 443 g/mol. The third-order valence-corrected chi connectivity index (χ3v) is 7.37. The number of rotatable bonds is 0. The van der Waals surface area contributed by atoms with Crippen LogP contribution in [-0.4, -0.2) is 22.8 Å². The maximum atomic E-state index is 3.53. The predicted octanol–water partition coefficient (Wildman–Crippen LogP) is 6.06. The van der Waals surface area contributed by atoms with Crippen LogP contribution in [0.15, 0.2) is 24.3 Å². The number of aryl methyl sites for hydroxylation is 2. The molecular formula is C27H34N2Si2. The van der Waals surface area contributed by atoms with E-state index in [-0.39, 0.29) is 0 Å². The topological polar surface area (TPSA) is 6.48 Å². The fourth-order valence-corrected chi connectivity index (χ4v) is 5.57. The molecular weight excluding hydrogens is 408 g/mol. The molecule has 0 saturated heterocycles. The fourth-order valence-electron chi connectivity index (χ4n) is 4.53. The molecule has 0 atom stereocenters. The zero-order chi connectivity index (χ0) is 22.6. The molecule has 0 radical (unpaired) electrons. The molecule has 4 rings (SSSR count). The first-order valence-electron chi connectivity index (χ1n) is 11.2. The van der Waals surface area contributed by atoms with Crippen LogP contribution in [0.5, 0.6) is 0 Å². The van der Waals surface area contributed by atoms with Gasteiger partial charge in [0.2, 0.25) is 0 Å². The summed E-state index contributed by atoms with van der Waals surface area (Å²) in [5, 5.41) is 0. The Kier molecular flexibility index (Phi) is 5.36. The summed E-state index contributed by atoms with van der Waals surface area (Å²) >= 11 is 0. The number of hydrogen-bond acceptors (Lipinski definition) is 2. The van der Waals surface area contributed by atoms with Crippen LogP contribution in [0, 0.1) is 36.8 Å². The van der Waals surface area contributed by atoms with E-state index in [2.05, 4.69) is 110 Å². The largest absolute Gasteiger partial charge is 0.349 e. The minimum absolute atomic E-state index is 0.947. The second-order valence-corrected chi connectivity index (χ2v) is 20.6. The Morgan fingerprint density at radius 2 is 1.03 bits per heavy atom. The van der Waals surface area contributed by atoms with E-state index in [1.54, 1.807) is 0 Å². The molecule has 31 heavy (non-hydrogen) atoms. The highest BCUT2D eigenvalue weighted by molar-refractivity contribution is 6.84. The smallest absolute Gasteiger partial charge is 0.129 e. The van der Waals surface area contributed by atoms with Gasteiger partial charge in [0.15, 0.2) is 0 Å². The summed E-state index contributed by atoms with van der Waals surface area (Å²) in [7, 11) is -2.77. The lowest BCUT2D eigenvalue weighted by Crippen LogP contribution is -2.46. The Hall–Kier alpha value is -2.41. The van der Waals surface area contributed by atoms with E-state index in [9.17, 15) is 0 Å². The van der Waals surface area contributed by atoms with Crippen molar-refractivity contribution in [3.8, 4) is 22.9 Å². The molecule has 2 aromatic rings. The third kappa shape index (κ3) is 4.76. The van der Waals surface area contributed by atoms with Gasteiger partial charge >= 0.3 is 0 Å². The van der Waals surface area contributed by atoms with Crippen LogP contribution in [0.4, 0.5) is 11.4 Å². The highest BCUT2D eigenvalue weighted by Crippen LogP contribution is 2.41. The van der Waals surface area contributed by atoms with E-state index in [4.69, 9.17) is 0 Å². The summed E-state index contributed by atoms with van der Waals surface area (Å²) in [6, 6.07) is 9.20. The molecule has 0 aromatic heterocycles. The van der Waals surface area contributed by atoms with Crippen molar-refractivity contribution >= 4 is 27.5 Å². The molecule has 0 saturated carbocycles. The third-order valence-electron chi connectivity index (χ3n) is 5.62. The van der Waals surface area contributed by atoms with Crippen LogP contribution < -0.4 is 9.80 Å². The molecule has 2 nitrogen and oxygen atoms in total. The molecule has 0 fully saturated rings.